The van der Waals surface area contributed by atoms with Gasteiger partial charge in [0, 0.05) is 18.9 Å². The Morgan fingerprint density at radius 2 is 2.09 bits per heavy atom. The maximum absolute atomic E-state index is 12.0. The van der Waals surface area contributed by atoms with E-state index in [0.717, 1.165) is 18.4 Å². The molecule has 1 aromatic rings. The first-order chi connectivity index (χ1) is 10.1. The fourth-order valence-corrected chi connectivity index (χ4v) is 3.24. The molecule has 1 atom stereocenters. The molecule has 0 aliphatic rings. The summed E-state index contributed by atoms with van der Waals surface area (Å²) in [6, 6.07) is 1.87. The molecule has 0 fully saturated rings. The number of hydrogen-bond acceptors (Lipinski definition) is 7. The molecule has 0 aliphatic carbocycles. The monoisotopic (exact) mass is 352 g/mol. The Morgan fingerprint density at radius 3 is 2.55 bits per heavy atom. The maximum atomic E-state index is 12.0. The van der Waals surface area contributed by atoms with Crippen LogP contribution < -0.4 is 5.32 Å². The topological polar surface area (TPSA) is 147 Å². The highest BCUT2D eigenvalue weighted by Gasteiger charge is 2.28. The normalized spacial score (nSPS) is 12.7. The zero-order chi connectivity index (χ0) is 17.1. The zero-order valence-electron chi connectivity index (χ0n) is 11.3. The predicted molar refractivity (Wildman–Crippen MR) is 76.6 cm³/mol. The Morgan fingerprint density at radius 1 is 1.50 bits per heavy atom. The molecule has 0 heterocycles. The van der Waals surface area contributed by atoms with Crippen LogP contribution in [0.15, 0.2) is 17.0 Å². The van der Waals surface area contributed by atoms with E-state index in [4.69, 9.17) is 21.8 Å². The van der Waals surface area contributed by atoms with E-state index < -0.39 is 49.0 Å². The first-order valence-electron chi connectivity index (χ1n) is 5.83. The molecule has 1 unspecified atom stereocenters. The van der Waals surface area contributed by atoms with E-state index in [1.807, 2.05) is 0 Å². The van der Waals surface area contributed by atoms with Crippen molar-refractivity contribution in [2.24, 2.45) is 0 Å². The molecule has 1 rings (SSSR count). The van der Waals surface area contributed by atoms with Crippen molar-refractivity contribution >= 4 is 33.0 Å². The van der Waals surface area contributed by atoms with Gasteiger partial charge in [-0.3, -0.25) is 14.9 Å². The number of halogens is 1. The van der Waals surface area contributed by atoms with Gasteiger partial charge in [0.25, 0.3) is 11.6 Å². The van der Waals surface area contributed by atoms with Gasteiger partial charge in [-0.1, -0.05) is 11.6 Å². The van der Waals surface area contributed by atoms with Crippen LogP contribution in [0, 0.1) is 10.1 Å². The van der Waals surface area contributed by atoms with Crippen LogP contribution >= 0.6 is 11.6 Å². The lowest BCUT2D eigenvalue weighted by molar-refractivity contribution is -0.384. The predicted octanol–water partition coefficient (Wildman–Crippen LogP) is -0.265. The summed E-state index contributed by atoms with van der Waals surface area (Å²) in [4.78, 5) is 21.2. The summed E-state index contributed by atoms with van der Waals surface area (Å²) < 4.78 is 23.5. The number of nitrogens with one attached hydrogen (secondary N) is 1. The summed E-state index contributed by atoms with van der Waals surface area (Å²) in [7, 11) is -4.02. The van der Waals surface area contributed by atoms with E-state index in [0.29, 0.717) is 0 Å². The third kappa shape index (κ3) is 4.13. The standard InChI is InChI=1S/C11H13ClN2O7S/c1-22(20,21)10-7(11(17)13-4-6(16)5-15)2-3-8(9(10)12)14(18)19/h2-3,6,15-16H,4-5H2,1H3,(H,13,17). The number of rotatable bonds is 6. The summed E-state index contributed by atoms with van der Waals surface area (Å²) >= 11 is 5.74. The average molecular weight is 353 g/mol. The average Bonchev–Trinajstić information content (AvgIpc) is 2.41. The molecule has 0 saturated heterocycles. The van der Waals surface area contributed by atoms with Gasteiger partial charge in [-0.2, -0.15) is 0 Å². The number of nitro groups is 1. The summed E-state index contributed by atoms with van der Waals surface area (Å²) in [5, 5.41) is 30.1. The second-order valence-corrected chi connectivity index (χ2v) is 6.68. The van der Waals surface area contributed by atoms with Crippen molar-refractivity contribution in [3.63, 3.8) is 0 Å². The highest BCUT2D eigenvalue weighted by molar-refractivity contribution is 7.91. The SMILES string of the molecule is CS(=O)(=O)c1c(C(=O)NCC(O)CO)ccc([N+](=O)[O-])c1Cl. The van der Waals surface area contributed by atoms with Crippen LogP contribution in [-0.2, 0) is 9.84 Å². The maximum Gasteiger partial charge on any atom is 0.289 e. The highest BCUT2D eigenvalue weighted by atomic mass is 35.5. The quantitative estimate of drug-likeness (QED) is 0.471. The number of aliphatic hydroxyl groups excluding tert-OH is 2. The Kier molecular flexibility index (Phi) is 5.83. The van der Waals surface area contributed by atoms with E-state index >= 15 is 0 Å². The molecule has 11 heteroatoms. The molecule has 0 aliphatic heterocycles. The Bertz CT molecular complexity index is 705. The van der Waals surface area contributed by atoms with Crippen LogP contribution in [0.4, 0.5) is 5.69 Å². The van der Waals surface area contributed by atoms with Crippen LogP contribution in [0.25, 0.3) is 0 Å². The van der Waals surface area contributed by atoms with Crippen molar-refractivity contribution in [1.29, 1.82) is 0 Å². The number of carbonyl (C=O) groups excluding carboxylic acids is 1. The van der Waals surface area contributed by atoms with Crippen molar-refractivity contribution in [1.82, 2.24) is 5.32 Å². The molecular formula is C11H13ClN2O7S. The number of nitro benzene ring substituents is 1. The van der Waals surface area contributed by atoms with Crippen LogP contribution in [0.3, 0.4) is 0 Å². The minimum atomic E-state index is -4.02. The number of carbonyl (C=O) groups is 1. The van der Waals surface area contributed by atoms with Gasteiger partial charge in [-0.05, 0) is 6.07 Å². The van der Waals surface area contributed by atoms with Crippen molar-refractivity contribution in [2.45, 2.75) is 11.0 Å². The molecule has 9 nitrogen and oxygen atoms in total. The second kappa shape index (κ2) is 7.01. The van der Waals surface area contributed by atoms with Gasteiger partial charge in [0.15, 0.2) is 9.84 Å². The van der Waals surface area contributed by atoms with E-state index in [9.17, 15) is 23.3 Å². The first kappa shape index (κ1) is 18.3. The van der Waals surface area contributed by atoms with Crippen molar-refractivity contribution in [2.75, 3.05) is 19.4 Å². The molecule has 1 aromatic carbocycles. The number of hydrogen-bond donors (Lipinski definition) is 3. The lowest BCUT2D eigenvalue weighted by atomic mass is 10.2. The van der Waals surface area contributed by atoms with Crippen molar-refractivity contribution < 1.29 is 28.3 Å². The molecule has 122 valence electrons. The minimum absolute atomic E-state index is 0.326. The van der Waals surface area contributed by atoms with Gasteiger partial charge in [-0.15, -0.1) is 0 Å². The fourth-order valence-electron chi connectivity index (χ4n) is 1.60. The largest absolute Gasteiger partial charge is 0.394 e. The molecular weight excluding hydrogens is 340 g/mol. The van der Waals surface area contributed by atoms with Gasteiger partial charge < -0.3 is 15.5 Å². The van der Waals surface area contributed by atoms with Gasteiger partial charge in [0.2, 0.25) is 0 Å². The van der Waals surface area contributed by atoms with Gasteiger partial charge in [0.05, 0.1) is 23.2 Å². The summed E-state index contributed by atoms with van der Waals surface area (Å²) in [5.41, 5.74) is -1.03. The molecule has 0 radical (unpaired) electrons. The van der Waals surface area contributed by atoms with Crippen LogP contribution in [0.2, 0.25) is 5.02 Å². The van der Waals surface area contributed by atoms with E-state index in [2.05, 4.69) is 5.32 Å². The zero-order valence-corrected chi connectivity index (χ0v) is 12.9. The molecule has 0 bridgehead atoms. The molecule has 1 amide bonds. The van der Waals surface area contributed by atoms with Crippen LogP contribution in [-0.4, -0.2) is 55.0 Å². The number of nitrogens with zero attached hydrogens (tertiary/aromatic N) is 1. The second-order valence-electron chi connectivity index (χ2n) is 4.35. The number of aliphatic hydroxyl groups is 2. The first-order valence-corrected chi connectivity index (χ1v) is 8.10. The smallest absolute Gasteiger partial charge is 0.289 e. The molecule has 0 aromatic heterocycles. The summed E-state index contributed by atoms with van der Waals surface area (Å²) in [5.74, 6) is -0.898. The van der Waals surface area contributed by atoms with Gasteiger partial charge in [-0.25, -0.2) is 8.42 Å². The third-order valence-corrected chi connectivity index (χ3v) is 4.26. The van der Waals surface area contributed by atoms with E-state index in [-0.39, 0.29) is 12.1 Å². The lowest BCUT2D eigenvalue weighted by Gasteiger charge is -2.12. The Hall–Kier alpha value is -1.75. The summed E-state index contributed by atoms with van der Waals surface area (Å²) in [6.45, 7) is -0.923. The van der Waals surface area contributed by atoms with Crippen LogP contribution in [0.1, 0.15) is 10.4 Å². The Labute approximate surface area is 130 Å². The van der Waals surface area contributed by atoms with Crippen molar-refractivity contribution in [3.05, 3.63) is 32.8 Å². The van der Waals surface area contributed by atoms with Crippen molar-refractivity contribution in [3.8, 4) is 0 Å². The Balaban J connectivity index is 3.34. The molecule has 22 heavy (non-hydrogen) atoms. The molecule has 3 N–H and O–H groups in total. The molecule has 0 spiro atoms. The lowest BCUT2D eigenvalue weighted by Crippen LogP contribution is -2.34. The van der Waals surface area contributed by atoms with Gasteiger partial charge in [0.1, 0.15) is 9.92 Å². The summed E-state index contributed by atoms with van der Waals surface area (Å²) in [6.07, 6.45) is -0.462. The number of benzene rings is 1. The van der Waals surface area contributed by atoms with Crippen LogP contribution in [0.5, 0.6) is 0 Å². The van der Waals surface area contributed by atoms with E-state index in [1.165, 1.54) is 0 Å². The number of amides is 1. The third-order valence-electron chi connectivity index (χ3n) is 2.60. The fraction of sp³-hybridized carbons (Fsp3) is 0.364. The van der Waals surface area contributed by atoms with Gasteiger partial charge >= 0.3 is 0 Å². The minimum Gasteiger partial charge on any atom is -0.394 e. The number of sulfone groups is 1. The van der Waals surface area contributed by atoms with E-state index in [1.54, 1.807) is 0 Å². The molecule has 0 saturated carbocycles. The highest BCUT2D eigenvalue weighted by Crippen LogP contribution is 2.33.